The normalized spacial score (nSPS) is 11.0. The number of hydroxylamine groups is 2. The highest BCUT2D eigenvalue weighted by Crippen LogP contribution is 2.09. The number of nitrogens with zero attached hydrogens (tertiary/aromatic N) is 1. The molecule has 0 fully saturated rings. The van der Waals surface area contributed by atoms with Gasteiger partial charge in [-0.2, -0.15) is 5.06 Å². The Hall–Kier alpha value is -0.870. The van der Waals surface area contributed by atoms with Gasteiger partial charge in [0.2, 0.25) is 5.91 Å². The molecule has 0 aromatic carbocycles. The van der Waals surface area contributed by atoms with E-state index in [1.807, 2.05) is 0 Å². The van der Waals surface area contributed by atoms with Gasteiger partial charge in [0.25, 0.3) is 0 Å². The maximum Gasteiger partial charge on any atom is 0.217 e. The fourth-order valence-electron chi connectivity index (χ4n) is 2.76. The Morgan fingerprint density at radius 1 is 0.778 bits per heavy atom. The molecule has 4 heteroatoms. The van der Waals surface area contributed by atoms with Crippen molar-refractivity contribution in [2.75, 3.05) is 13.6 Å². The molecule has 1 amide bonds. The van der Waals surface area contributed by atoms with Gasteiger partial charge in [0.1, 0.15) is 0 Å². The summed E-state index contributed by atoms with van der Waals surface area (Å²) in [5, 5.41) is 9.73. The minimum absolute atomic E-state index is 0.164. The van der Waals surface area contributed by atoms with Crippen molar-refractivity contribution in [1.29, 1.82) is 0 Å². The minimum atomic E-state index is -0.164. The third-order valence-corrected chi connectivity index (χ3v) is 4.52. The molecule has 27 heavy (non-hydrogen) atoms. The predicted octanol–water partition coefficient (Wildman–Crippen LogP) is 6.62. The third kappa shape index (κ3) is 33.2. The van der Waals surface area contributed by atoms with Crippen molar-refractivity contribution in [3.05, 3.63) is 12.2 Å². The van der Waals surface area contributed by atoms with E-state index in [1.54, 1.807) is 7.05 Å². The quantitative estimate of drug-likeness (QED) is 0.159. The molecule has 0 unspecified atom stereocenters. The van der Waals surface area contributed by atoms with Gasteiger partial charge < -0.3 is 10.9 Å². The Bertz CT molecular complexity index is 318. The number of carbonyl (C=O) groups excluding carboxylic acids is 1. The van der Waals surface area contributed by atoms with Crippen molar-refractivity contribution in [1.82, 2.24) is 5.06 Å². The van der Waals surface area contributed by atoms with E-state index in [4.69, 9.17) is 10.9 Å². The number of rotatable bonds is 18. The maximum absolute atomic E-state index is 10.5. The van der Waals surface area contributed by atoms with E-state index in [9.17, 15) is 4.79 Å². The highest BCUT2D eigenvalue weighted by Gasteiger charge is 1.94. The first-order valence-corrected chi connectivity index (χ1v) is 11.4. The summed E-state index contributed by atoms with van der Waals surface area (Å²) >= 11 is 0. The van der Waals surface area contributed by atoms with Crippen molar-refractivity contribution in [3.8, 4) is 0 Å². The first kappa shape index (κ1) is 28.3. The number of unbranched alkanes of at least 4 members (excludes halogenated alkanes) is 12. The highest BCUT2D eigenvalue weighted by molar-refractivity contribution is 5.73. The Morgan fingerprint density at radius 2 is 1.22 bits per heavy atom. The zero-order chi connectivity index (χ0) is 20.6. The van der Waals surface area contributed by atoms with E-state index in [1.165, 1.54) is 75.7 Å². The fraction of sp³-hybridized carbons (Fsp3) is 0.870. The van der Waals surface area contributed by atoms with E-state index in [0.717, 1.165) is 32.2 Å². The third-order valence-electron chi connectivity index (χ3n) is 4.52. The lowest BCUT2D eigenvalue weighted by Gasteiger charge is -2.03. The Morgan fingerprint density at radius 3 is 1.63 bits per heavy atom. The van der Waals surface area contributed by atoms with E-state index >= 15 is 0 Å². The molecule has 3 N–H and O–H groups in total. The van der Waals surface area contributed by atoms with Crippen LogP contribution in [0.5, 0.6) is 0 Å². The molecule has 162 valence electrons. The first-order chi connectivity index (χ1) is 13.0. The highest BCUT2D eigenvalue weighted by atomic mass is 16.5. The number of hydrogen-bond donors (Lipinski definition) is 2. The van der Waals surface area contributed by atoms with Gasteiger partial charge in [0.15, 0.2) is 0 Å². The maximum atomic E-state index is 10.5. The Kier molecular flexibility index (Phi) is 26.4. The molecule has 0 aliphatic rings. The number of amides is 1. The van der Waals surface area contributed by atoms with Crippen LogP contribution in [0.3, 0.4) is 0 Å². The number of hydrogen-bond acceptors (Lipinski definition) is 3. The second-order valence-electron chi connectivity index (χ2n) is 7.54. The Labute approximate surface area is 169 Å². The van der Waals surface area contributed by atoms with Crippen LogP contribution in [-0.2, 0) is 4.79 Å². The fourth-order valence-corrected chi connectivity index (χ4v) is 2.76. The average Bonchev–Trinajstić information content (AvgIpc) is 2.63. The molecule has 0 aliphatic heterocycles. The minimum Gasteiger partial charge on any atom is -0.370 e. The molecule has 0 aromatic heterocycles. The molecule has 0 saturated heterocycles. The summed E-state index contributed by atoms with van der Waals surface area (Å²) in [7, 11) is 1.66. The van der Waals surface area contributed by atoms with Gasteiger partial charge in [-0.15, -0.1) is 0 Å². The van der Waals surface area contributed by atoms with Gasteiger partial charge >= 0.3 is 0 Å². The number of carbonyl (C=O) groups is 1. The van der Waals surface area contributed by atoms with Crippen molar-refractivity contribution < 1.29 is 10.0 Å². The summed E-state index contributed by atoms with van der Waals surface area (Å²) in [6.07, 6.45) is 24.1. The van der Waals surface area contributed by atoms with Gasteiger partial charge in [-0.1, -0.05) is 83.8 Å². The number of nitrogens with two attached hydrogens (primary N) is 1. The lowest BCUT2D eigenvalue weighted by Crippen LogP contribution is -2.13. The van der Waals surface area contributed by atoms with Gasteiger partial charge in [0.05, 0.1) is 0 Å². The SMILES string of the molecule is CCCCCCCC/C=C\CCCCCCCC(N)=O.CCCCN(C)O. The number of primary amides is 1. The molecule has 0 radical (unpaired) electrons. The Balaban J connectivity index is 0. The van der Waals surface area contributed by atoms with Crippen LogP contribution < -0.4 is 5.73 Å². The number of allylic oxidation sites excluding steroid dienone is 2. The van der Waals surface area contributed by atoms with Crippen molar-refractivity contribution >= 4 is 5.91 Å². The van der Waals surface area contributed by atoms with E-state index in [2.05, 4.69) is 26.0 Å². The zero-order valence-electron chi connectivity index (χ0n) is 18.6. The van der Waals surface area contributed by atoms with Crippen LogP contribution >= 0.6 is 0 Å². The molecule has 0 saturated carbocycles. The van der Waals surface area contributed by atoms with Crippen LogP contribution in [0.25, 0.3) is 0 Å². The smallest absolute Gasteiger partial charge is 0.217 e. The van der Waals surface area contributed by atoms with E-state index in [0.29, 0.717) is 6.42 Å². The average molecular weight is 385 g/mol. The monoisotopic (exact) mass is 384 g/mol. The molecular weight excluding hydrogens is 336 g/mol. The standard InChI is InChI=1S/C18H35NO.C5H13NO/c1-2-3-4-5-6-7-8-9-10-11-12-13-14-15-16-17-18(19)20;1-3-4-5-6(2)7/h9-10H,2-8,11-17H2,1H3,(H2,19,20);7H,3-5H2,1-2H3/b10-9-;. The second-order valence-corrected chi connectivity index (χ2v) is 7.54. The molecule has 0 aliphatic carbocycles. The van der Waals surface area contributed by atoms with E-state index in [-0.39, 0.29) is 5.91 Å². The zero-order valence-corrected chi connectivity index (χ0v) is 18.6. The molecule has 0 rings (SSSR count). The van der Waals surface area contributed by atoms with Crippen LogP contribution in [-0.4, -0.2) is 29.8 Å². The van der Waals surface area contributed by atoms with Crippen LogP contribution in [0.2, 0.25) is 0 Å². The summed E-state index contributed by atoms with van der Waals surface area (Å²) in [5.41, 5.74) is 5.10. The van der Waals surface area contributed by atoms with Crippen molar-refractivity contribution in [2.24, 2.45) is 5.73 Å². The molecule has 0 bridgehead atoms. The van der Waals surface area contributed by atoms with Gasteiger partial charge in [-0.3, -0.25) is 4.79 Å². The van der Waals surface area contributed by atoms with Crippen molar-refractivity contribution in [2.45, 2.75) is 117 Å². The summed E-state index contributed by atoms with van der Waals surface area (Å²) in [6.45, 7) is 5.15. The van der Waals surface area contributed by atoms with Gasteiger partial charge in [-0.25, -0.2) is 0 Å². The topological polar surface area (TPSA) is 66.6 Å². The van der Waals surface area contributed by atoms with Crippen LogP contribution in [0.15, 0.2) is 12.2 Å². The molecule has 0 heterocycles. The molecule has 0 spiro atoms. The van der Waals surface area contributed by atoms with Crippen LogP contribution in [0, 0.1) is 0 Å². The second kappa shape index (κ2) is 25.1. The molecular formula is C23H48N2O2. The lowest BCUT2D eigenvalue weighted by atomic mass is 10.1. The van der Waals surface area contributed by atoms with Gasteiger partial charge in [0, 0.05) is 20.0 Å². The van der Waals surface area contributed by atoms with Crippen molar-refractivity contribution in [3.63, 3.8) is 0 Å². The molecule has 0 aromatic rings. The summed E-state index contributed by atoms with van der Waals surface area (Å²) in [4.78, 5) is 10.5. The lowest BCUT2D eigenvalue weighted by molar-refractivity contribution is -0.118. The van der Waals surface area contributed by atoms with Crippen LogP contribution in [0.1, 0.15) is 117 Å². The summed E-state index contributed by atoms with van der Waals surface area (Å²) < 4.78 is 0. The molecule has 0 atom stereocenters. The van der Waals surface area contributed by atoms with Gasteiger partial charge in [-0.05, 0) is 38.5 Å². The summed E-state index contributed by atoms with van der Waals surface area (Å²) in [5.74, 6) is -0.164. The van der Waals surface area contributed by atoms with E-state index < -0.39 is 0 Å². The summed E-state index contributed by atoms with van der Waals surface area (Å²) in [6, 6.07) is 0. The largest absolute Gasteiger partial charge is 0.370 e. The van der Waals surface area contributed by atoms with Crippen LogP contribution in [0.4, 0.5) is 0 Å². The predicted molar refractivity (Wildman–Crippen MR) is 118 cm³/mol. The molecule has 4 nitrogen and oxygen atoms in total. The first-order valence-electron chi connectivity index (χ1n) is 11.4.